The number of rotatable bonds is 10. The number of fused-ring (bicyclic) bond motifs is 1. The predicted octanol–water partition coefficient (Wildman–Crippen LogP) is 2.80. The van der Waals surface area contributed by atoms with Gasteiger partial charge in [-0.1, -0.05) is 0 Å². The number of alkyl halides is 2. The largest absolute Gasteiger partial charge is 0.358 e. The fourth-order valence-corrected chi connectivity index (χ4v) is 7.59. The minimum Gasteiger partial charge on any atom is -0.358 e. The maximum atomic E-state index is 13.4. The number of nitrogens with zero attached hydrogens (tertiary/aromatic N) is 2. The molecular formula is C22H29F2N7O3S3. The van der Waals surface area contributed by atoms with Crippen molar-refractivity contribution in [1.82, 2.24) is 25.2 Å². The fourth-order valence-electron chi connectivity index (χ4n) is 4.28. The molecule has 3 aliphatic rings. The number of hydrogen-bond acceptors (Lipinski definition) is 7. The fraction of sp³-hybridized carbons (Fsp3) is 0.591. The summed E-state index contributed by atoms with van der Waals surface area (Å²) in [5.74, 6) is 0.508. The van der Waals surface area contributed by atoms with E-state index in [1.807, 2.05) is 0 Å². The number of sulfonamides is 1. The van der Waals surface area contributed by atoms with Crippen molar-refractivity contribution in [3.05, 3.63) is 22.2 Å². The van der Waals surface area contributed by atoms with Crippen LogP contribution in [0.25, 0.3) is 0 Å². The minimum atomic E-state index is -3.82. The second-order valence-electron chi connectivity index (χ2n) is 9.76. The third-order valence-corrected chi connectivity index (χ3v) is 9.78. The van der Waals surface area contributed by atoms with Crippen LogP contribution in [0.2, 0.25) is 0 Å². The number of aryl methyl sites for hydroxylation is 2. The molecule has 2 aromatic rings. The number of amides is 1. The molecule has 1 atom stereocenters. The van der Waals surface area contributed by atoms with E-state index in [0.717, 1.165) is 30.6 Å². The molecule has 2 heterocycles. The van der Waals surface area contributed by atoms with Crippen molar-refractivity contribution >= 4 is 55.4 Å². The van der Waals surface area contributed by atoms with Crippen LogP contribution in [0.15, 0.2) is 11.0 Å². The molecule has 0 aromatic carbocycles. The summed E-state index contributed by atoms with van der Waals surface area (Å²) in [6.07, 6.45) is 2.76. The number of halogens is 2. The smallest absolute Gasteiger partial charge is 0.282 e. The van der Waals surface area contributed by atoms with E-state index in [4.69, 9.17) is 12.2 Å². The number of carbonyl (C=O) groups is 1. The van der Waals surface area contributed by atoms with Gasteiger partial charge in [-0.15, -0.1) is 11.3 Å². The van der Waals surface area contributed by atoms with E-state index < -0.39 is 16.4 Å². The van der Waals surface area contributed by atoms with Crippen LogP contribution in [-0.2, 0) is 34.7 Å². The topological polar surface area (TPSA) is 129 Å². The first-order valence-electron chi connectivity index (χ1n) is 12.2. The number of carbonyl (C=O) groups excluding carboxylic acids is 1. The molecule has 5 N–H and O–H groups in total. The number of aromatic nitrogens is 2. The van der Waals surface area contributed by atoms with E-state index in [-0.39, 0.29) is 33.6 Å². The zero-order valence-electron chi connectivity index (χ0n) is 20.1. The van der Waals surface area contributed by atoms with Gasteiger partial charge in [0.2, 0.25) is 15.9 Å². The molecule has 2 fully saturated rings. The van der Waals surface area contributed by atoms with Gasteiger partial charge in [-0.25, -0.2) is 21.9 Å². The zero-order chi connectivity index (χ0) is 26.3. The lowest BCUT2D eigenvalue weighted by Gasteiger charge is -2.25. The standard InChI is InChI=1S/C22H29F2N7O3S3/c1-31-17(9-15(30-31)19(23)24)28-29-22(35)26-13-6-7-16-14(8-13)18(37(33,34)25-10-11-2-3-11)21(36-16)27-20(32)12-4-5-12/h9,11-13,19,25,28H,2-8,10H2,1H3,(H,27,32)(H2,26,29,35). The molecule has 3 aliphatic carbocycles. The van der Waals surface area contributed by atoms with Gasteiger partial charge in [-0.3, -0.25) is 20.3 Å². The Morgan fingerprint density at radius 3 is 2.68 bits per heavy atom. The maximum Gasteiger partial charge on any atom is 0.282 e. The van der Waals surface area contributed by atoms with Gasteiger partial charge in [-0.05, 0) is 68.6 Å². The summed E-state index contributed by atoms with van der Waals surface area (Å²) < 4.78 is 56.5. The Labute approximate surface area is 223 Å². The van der Waals surface area contributed by atoms with E-state index in [1.165, 1.54) is 29.1 Å². The number of hydrogen-bond donors (Lipinski definition) is 5. The van der Waals surface area contributed by atoms with Crippen LogP contribution in [0.4, 0.5) is 19.6 Å². The van der Waals surface area contributed by atoms with Gasteiger partial charge in [0, 0.05) is 36.5 Å². The van der Waals surface area contributed by atoms with Crippen molar-refractivity contribution < 1.29 is 22.0 Å². The van der Waals surface area contributed by atoms with Crippen LogP contribution in [-0.4, -0.2) is 41.8 Å². The second kappa shape index (κ2) is 10.4. The van der Waals surface area contributed by atoms with Gasteiger partial charge in [0.25, 0.3) is 6.43 Å². The van der Waals surface area contributed by atoms with Crippen LogP contribution < -0.4 is 26.2 Å². The van der Waals surface area contributed by atoms with Crippen molar-refractivity contribution in [3.63, 3.8) is 0 Å². The molecule has 5 rings (SSSR count). The van der Waals surface area contributed by atoms with E-state index in [0.29, 0.717) is 48.1 Å². The van der Waals surface area contributed by atoms with Gasteiger partial charge in [-0.2, -0.15) is 5.10 Å². The summed E-state index contributed by atoms with van der Waals surface area (Å²) >= 11 is 6.70. The van der Waals surface area contributed by atoms with Gasteiger partial charge in [0.05, 0.1) is 0 Å². The molecular weight excluding hydrogens is 544 g/mol. The number of thiocarbonyl (C=S) groups is 1. The minimum absolute atomic E-state index is 0.0457. The van der Waals surface area contributed by atoms with Gasteiger partial charge < -0.3 is 10.6 Å². The van der Waals surface area contributed by atoms with Crippen LogP contribution in [0.3, 0.4) is 0 Å². The van der Waals surface area contributed by atoms with Crippen LogP contribution in [0.5, 0.6) is 0 Å². The molecule has 0 aliphatic heterocycles. The molecule has 10 nitrogen and oxygen atoms in total. The van der Waals surface area contributed by atoms with Crippen LogP contribution in [0.1, 0.15) is 54.7 Å². The normalized spacial score (nSPS) is 19.4. The van der Waals surface area contributed by atoms with Gasteiger partial charge in [0.15, 0.2) is 5.11 Å². The molecule has 37 heavy (non-hydrogen) atoms. The Morgan fingerprint density at radius 2 is 2.03 bits per heavy atom. The zero-order valence-corrected chi connectivity index (χ0v) is 22.6. The average Bonchev–Trinajstić information content (AvgIpc) is 3.76. The highest BCUT2D eigenvalue weighted by atomic mass is 32.2. The highest BCUT2D eigenvalue weighted by Gasteiger charge is 2.36. The molecule has 1 amide bonds. The molecule has 0 bridgehead atoms. The number of thiophene rings is 1. The highest BCUT2D eigenvalue weighted by molar-refractivity contribution is 7.90. The maximum absolute atomic E-state index is 13.4. The van der Waals surface area contributed by atoms with Crippen molar-refractivity contribution in [3.8, 4) is 0 Å². The molecule has 15 heteroatoms. The first-order chi connectivity index (χ1) is 17.6. The average molecular weight is 574 g/mol. The van der Waals surface area contributed by atoms with Crippen molar-refractivity contribution in [2.45, 2.75) is 62.3 Å². The van der Waals surface area contributed by atoms with Crippen molar-refractivity contribution in [2.24, 2.45) is 18.9 Å². The first-order valence-corrected chi connectivity index (χ1v) is 14.9. The van der Waals surface area contributed by atoms with E-state index in [9.17, 15) is 22.0 Å². The summed E-state index contributed by atoms with van der Waals surface area (Å²) in [5, 5.41) is 10.4. The lowest BCUT2D eigenvalue weighted by Crippen LogP contribution is -2.46. The molecule has 202 valence electrons. The summed E-state index contributed by atoms with van der Waals surface area (Å²) in [5.41, 5.74) is 5.90. The highest BCUT2D eigenvalue weighted by Crippen LogP contribution is 2.42. The Balaban J connectivity index is 1.28. The van der Waals surface area contributed by atoms with Crippen LogP contribution >= 0.6 is 23.6 Å². The summed E-state index contributed by atoms with van der Waals surface area (Å²) in [4.78, 5) is 13.6. The molecule has 2 saturated carbocycles. The summed E-state index contributed by atoms with van der Waals surface area (Å²) in [6.45, 7) is 0.394. The van der Waals surface area contributed by atoms with E-state index >= 15 is 0 Å². The Hall–Kier alpha value is -2.36. The number of anilines is 2. The first kappa shape index (κ1) is 26.3. The van der Waals surface area contributed by atoms with E-state index in [2.05, 4.69) is 31.3 Å². The molecule has 0 spiro atoms. The number of hydrazine groups is 1. The molecule has 0 radical (unpaired) electrons. The summed E-state index contributed by atoms with van der Waals surface area (Å²) in [7, 11) is -2.28. The second-order valence-corrected chi connectivity index (χ2v) is 13.0. The van der Waals surface area contributed by atoms with Gasteiger partial charge >= 0.3 is 0 Å². The Kier molecular flexibility index (Phi) is 7.40. The third kappa shape index (κ3) is 6.21. The van der Waals surface area contributed by atoms with Crippen LogP contribution in [0, 0.1) is 11.8 Å². The Morgan fingerprint density at radius 1 is 1.27 bits per heavy atom. The van der Waals surface area contributed by atoms with E-state index in [1.54, 1.807) is 0 Å². The van der Waals surface area contributed by atoms with Crippen molar-refractivity contribution in [1.29, 1.82) is 0 Å². The summed E-state index contributed by atoms with van der Waals surface area (Å²) in [6, 6.07) is 1.07. The lowest BCUT2D eigenvalue weighted by molar-refractivity contribution is -0.117. The quantitative estimate of drug-likeness (QED) is 0.217. The molecule has 1 unspecified atom stereocenters. The Bertz CT molecular complexity index is 1300. The van der Waals surface area contributed by atoms with Crippen molar-refractivity contribution in [2.75, 3.05) is 17.3 Å². The molecule has 0 saturated heterocycles. The number of nitrogens with one attached hydrogen (secondary N) is 5. The SMILES string of the molecule is Cn1nc(C(F)F)cc1NNC(=S)NC1CCc2sc(NC(=O)C3CC3)c(S(=O)(=O)NCC3CC3)c2C1. The predicted molar refractivity (Wildman–Crippen MR) is 140 cm³/mol. The lowest BCUT2D eigenvalue weighted by atomic mass is 9.94. The monoisotopic (exact) mass is 573 g/mol. The molecule has 2 aromatic heterocycles. The third-order valence-electron chi connectivity index (χ3n) is 6.69. The van der Waals surface area contributed by atoms with Gasteiger partial charge in [0.1, 0.15) is 21.4 Å².